The van der Waals surface area contributed by atoms with Crippen molar-refractivity contribution in [3.63, 3.8) is 0 Å². The maximum Gasteiger partial charge on any atom is 0.317 e. The van der Waals surface area contributed by atoms with Gasteiger partial charge in [-0.25, -0.2) is 0 Å². The van der Waals surface area contributed by atoms with Gasteiger partial charge >= 0.3 is 5.97 Å². The lowest BCUT2D eigenvalue weighted by Gasteiger charge is -2.26. The molecule has 1 unspecified atom stereocenters. The standard InChI is InChI=1S/C14H18N2O5/c1-15-7-6-14(9-15,13(17)21-3)11-8-10(20-2)4-5-12(11)16(18)19/h4-5,8H,6-7,9H2,1-3H3. The van der Waals surface area contributed by atoms with Crippen LogP contribution in [0.4, 0.5) is 5.69 Å². The summed E-state index contributed by atoms with van der Waals surface area (Å²) in [6.07, 6.45) is 0.476. The minimum Gasteiger partial charge on any atom is -0.497 e. The molecule has 7 nitrogen and oxygen atoms in total. The van der Waals surface area contributed by atoms with Crippen molar-refractivity contribution >= 4 is 11.7 Å². The zero-order valence-electron chi connectivity index (χ0n) is 12.3. The highest BCUT2D eigenvalue weighted by Gasteiger charge is 2.49. The molecule has 1 heterocycles. The van der Waals surface area contributed by atoms with Crippen LogP contribution >= 0.6 is 0 Å². The van der Waals surface area contributed by atoms with E-state index < -0.39 is 16.3 Å². The lowest BCUT2D eigenvalue weighted by molar-refractivity contribution is -0.386. The summed E-state index contributed by atoms with van der Waals surface area (Å²) in [6.45, 7) is 1.05. The third kappa shape index (κ3) is 2.56. The van der Waals surface area contributed by atoms with E-state index >= 15 is 0 Å². The first-order valence-corrected chi connectivity index (χ1v) is 6.54. The monoisotopic (exact) mass is 294 g/mol. The number of carbonyl (C=O) groups is 1. The molecule has 1 fully saturated rings. The van der Waals surface area contributed by atoms with Crippen LogP contribution in [-0.2, 0) is 14.9 Å². The molecule has 1 aromatic rings. The van der Waals surface area contributed by atoms with Crippen LogP contribution in [-0.4, -0.2) is 50.1 Å². The van der Waals surface area contributed by atoms with E-state index in [-0.39, 0.29) is 5.69 Å². The van der Waals surface area contributed by atoms with Gasteiger partial charge in [-0.15, -0.1) is 0 Å². The molecule has 0 aromatic heterocycles. The summed E-state index contributed by atoms with van der Waals surface area (Å²) in [7, 11) is 4.65. The lowest BCUT2D eigenvalue weighted by atomic mass is 9.78. The smallest absolute Gasteiger partial charge is 0.317 e. The van der Waals surface area contributed by atoms with E-state index in [0.29, 0.717) is 30.8 Å². The predicted octanol–water partition coefficient (Wildman–Crippen LogP) is 1.35. The van der Waals surface area contributed by atoms with Crippen LogP contribution < -0.4 is 4.74 Å². The van der Waals surface area contributed by atoms with E-state index in [1.807, 2.05) is 11.9 Å². The Hall–Kier alpha value is -2.15. The van der Waals surface area contributed by atoms with Crippen molar-refractivity contribution in [2.75, 3.05) is 34.4 Å². The topological polar surface area (TPSA) is 81.9 Å². The number of nitro groups is 1. The van der Waals surface area contributed by atoms with E-state index in [9.17, 15) is 14.9 Å². The zero-order chi connectivity index (χ0) is 15.6. The van der Waals surface area contributed by atoms with E-state index in [0.717, 1.165) is 0 Å². The van der Waals surface area contributed by atoms with Gasteiger partial charge in [-0.1, -0.05) is 0 Å². The quantitative estimate of drug-likeness (QED) is 0.473. The molecule has 0 aliphatic carbocycles. The van der Waals surface area contributed by atoms with Crippen LogP contribution in [0.25, 0.3) is 0 Å². The Morgan fingerprint density at radius 1 is 1.43 bits per heavy atom. The Labute approximate surface area is 122 Å². The van der Waals surface area contributed by atoms with E-state index in [1.54, 1.807) is 6.07 Å². The van der Waals surface area contributed by atoms with Crippen LogP contribution in [0.3, 0.4) is 0 Å². The third-order valence-electron chi connectivity index (χ3n) is 3.95. The average molecular weight is 294 g/mol. The molecule has 0 amide bonds. The van der Waals surface area contributed by atoms with Crippen LogP contribution in [0.2, 0.25) is 0 Å². The summed E-state index contributed by atoms with van der Waals surface area (Å²) in [5.41, 5.74) is -0.764. The highest BCUT2D eigenvalue weighted by molar-refractivity contribution is 5.86. The molecule has 1 aliphatic heterocycles. The van der Waals surface area contributed by atoms with Crippen molar-refractivity contribution in [3.8, 4) is 5.75 Å². The van der Waals surface area contributed by atoms with Crippen molar-refractivity contribution < 1.29 is 19.2 Å². The Morgan fingerprint density at radius 3 is 2.62 bits per heavy atom. The third-order valence-corrected chi connectivity index (χ3v) is 3.95. The second kappa shape index (κ2) is 5.69. The number of likely N-dealkylation sites (N-methyl/N-ethyl adjacent to an activating group) is 1. The molecule has 0 bridgehead atoms. The molecule has 1 saturated heterocycles. The van der Waals surface area contributed by atoms with Crippen LogP contribution in [0.15, 0.2) is 18.2 Å². The first-order valence-electron chi connectivity index (χ1n) is 6.54. The van der Waals surface area contributed by atoms with Gasteiger partial charge in [-0.3, -0.25) is 14.9 Å². The molecule has 0 radical (unpaired) electrons. The predicted molar refractivity (Wildman–Crippen MR) is 75.5 cm³/mol. The first-order chi connectivity index (χ1) is 9.94. The Balaban J connectivity index is 2.64. The number of ether oxygens (including phenoxy) is 2. The van der Waals surface area contributed by atoms with Crippen LogP contribution in [0, 0.1) is 10.1 Å². The van der Waals surface area contributed by atoms with Gasteiger partial charge in [0.05, 0.1) is 24.7 Å². The molecule has 1 aromatic carbocycles. The summed E-state index contributed by atoms with van der Waals surface area (Å²) < 4.78 is 10.1. The number of methoxy groups -OCH3 is 2. The lowest BCUT2D eigenvalue weighted by Crippen LogP contribution is -2.39. The van der Waals surface area contributed by atoms with Crippen molar-refractivity contribution in [3.05, 3.63) is 33.9 Å². The highest BCUT2D eigenvalue weighted by atomic mass is 16.6. The van der Waals surface area contributed by atoms with Gasteiger partial charge in [0.2, 0.25) is 0 Å². The van der Waals surface area contributed by atoms with Crippen LogP contribution in [0.1, 0.15) is 12.0 Å². The first kappa shape index (κ1) is 15.2. The van der Waals surface area contributed by atoms with Gasteiger partial charge in [0.1, 0.15) is 11.2 Å². The number of likely N-dealkylation sites (tertiary alicyclic amines) is 1. The number of carbonyl (C=O) groups excluding carboxylic acids is 1. The second-order valence-corrected chi connectivity index (χ2v) is 5.20. The van der Waals surface area contributed by atoms with Gasteiger partial charge in [0.15, 0.2) is 0 Å². The van der Waals surface area contributed by atoms with Gasteiger partial charge in [-0.05, 0) is 32.1 Å². The van der Waals surface area contributed by atoms with Gasteiger partial charge in [-0.2, -0.15) is 0 Å². The highest BCUT2D eigenvalue weighted by Crippen LogP contribution is 2.41. The van der Waals surface area contributed by atoms with E-state index in [4.69, 9.17) is 9.47 Å². The minimum atomic E-state index is -1.03. The molecular formula is C14H18N2O5. The maximum absolute atomic E-state index is 12.3. The largest absolute Gasteiger partial charge is 0.497 e. The van der Waals surface area contributed by atoms with Gasteiger partial charge in [0.25, 0.3) is 5.69 Å². The van der Waals surface area contributed by atoms with Crippen molar-refractivity contribution in [1.29, 1.82) is 0 Å². The second-order valence-electron chi connectivity index (χ2n) is 5.20. The van der Waals surface area contributed by atoms with Gasteiger partial charge in [0, 0.05) is 12.6 Å². The summed E-state index contributed by atoms with van der Waals surface area (Å²) in [5.74, 6) is 0.0247. The Morgan fingerprint density at radius 2 is 2.14 bits per heavy atom. The summed E-state index contributed by atoms with van der Waals surface area (Å²) >= 11 is 0. The molecule has 0 N–H and O–H groups in total. The molecule has 114 valence electrons. The fourth-order valence-electron chi connectivity index (χ4n) is 2.88. The number of hydrogen-bond acceptors (Lipinski definition) is 6. The number of hydrogen-bond donors (Lipinski definition) is 0. The van der Waals surface area contributed by atoms with Crippen molar-refractivity contribution in [2.24, 2.45) is 0 Å². The van der Waals surface area contributed by atoms with E-state index in [2.05, 4.69) is 0 Å². The number of benzene rings is 1. The van der Waals surface area contributed by atoms with Crippen molar-refractivity contribution in [1.82, 2.24) is 4.90 Å². The number of nitrogens with zero attached hydrogens (tertiary/aromatic N) is 2. The number of nitro benzene ring substituents is 1. The molecule has 21 heavy (non-hydrogen) atoms. The molecular weight excluding hydrogens is 276 g/mol. The average Bonchev–Trinajstić information content (AvgIpc) is 2.88. The SMILES string of the molecule is COC(=O)C1(c2cc(OC)ccc2[N+](=O)[O-])CCN(C)C1. The van der Waals surface area contributed by atoms with Gasteiger partial charge < -0.3 is 14.4 Å². The van der Waals surface area contributed by atoms with Crippen molar-refractivity contribution in [2.45, 2.75) is 11.8 Å². The van der Waals surface area contributed by atoms with E-state index in [1.165, 1.54) is 26.4 Å². The van der Waals surface area contributed by atoms with Crippen LogP contribution in [0.5, 0.6) is 5.75 Å². The normalized spacial score (nSPS) is 22.0. The fraction of sp³-hybridized carbons (Fsp3) is 0.500. The molecule has 0 spiro atoms. The summed E-state index contributed by atoms with van der Waals surface area (Å²) in [6, 6.07) is 4.46. The number of esters is 1. The molecule has 1 atom stereocenters. The Kier molecular flexibility index (Phi) is 4.13. The molecule has 1 aliphatic rings. The summed E-state index contributed by atoms with van der Waals surface area (Å²) in [5, 5.41) is 11.3. The Bertz CT molecular complexity index is 574. The zero-order valence-corrected chi connectivity index (χ0v) is 12.3. The molecule has 0 saturated carbocycles. The fourth-order valence-corrected chi connectivity index (χ4v) is 2.88. The summed E-state index contributed by atoms with van der Waals surface area (Å²) in [4.78, 5) is 25.1. The minimum absolute atomic E-state index is 0.0866. The maximum atomic E-state index is 12.3. The molecule has 7 heteroatoms. The molecule has 2 rings (SSSR count). The number of rotatable bonds is 4.